The van der Waals surface area contributed by atoms with Crippen molar-refractivity contribution in [3.8, 4) is 22.8 Å². The van der Waals surface area contributed by atoms with Crippen molar-refractivity contribution >= 4 is 22.9 Å². The molecule has 0 spiro atoms. The monoisotopic (exact) mass is 398 g/mol. The summed E-state index contributed by atoms with van der Waals surface area (Å²) >= 11 is 0. The van der Waals surface area contributed by atoms with E-state index in [1.807, 2.05) is 0 Å². The molecular weight excluding hydrogens is 376 g/mol. The largest absolute Gasteiger partial charge is 0.497 e. The Morgan fingerprint density at radius 3 is 2.34 bits per heavy atom. The zero-order chi connectivity index (χ0) is 21.0. The van der Waals surface area contributed by atoms with Gasteiger partial charge < -0.3 is 23.4 Å². The zero-order valence-electron chi connectivity index (χ0n) is 16.7. The lowest BCUT2D eigenvalue weighted by molar-refractivity contribution is -0.147. The summed E-state index contributed by atoms with van der Waals surface area (Å²) in [6.45, 7) is 3.55. The Morgan fingerprint density at radius 1 is 1.03 bits per heavy atom. The van der Waals surface area contributed by atoms with E-state index in [1.54, 1.807) is 63.4 Å². The number of fused-ring (bicyclic) bond motifs is 1. The number of esters is 2. The SMILES string of the molecule is CCOC(=O)c1c(-c2ccc(OC)cc2)oc2ccc(O[C@@H](C)C(=O)OC)cc12. The topological polar surface area (TPSA) is 84.2 Å². The molecule has 0 aliphatic rings. The molecule has 0 fully saturated rings. The highest BCUT2D eigenvalue weighted by molar-refractivity contribution is 6.09. The fourth-order valence-electron chi connectivity index (χ4n) is 2.92. The molecule has 1 heterocycles. The van der Waals surface area contributed by atoms with Crippen molar-refractivity contribution in [3.63, 3.8) is 0 Å². The first-order valence-electron chi connectivity index (χ1n) is 9.11. The summed E-state index contributed by atoms with van der Waals surface area (Å²) in [7, 11) is 2.87. The zero-order valence-corrected chi connectivity index (χ0v) is 16.7. The van der Waals surface area contributed by atoms with E-state index in [1.165, 1.54) is 7.11 Å². The normalized spacial score (nSPS) is 11.7. The molecule has 2 aromatic carbocycles. The number of carbonyl (C=O) groups is 2. The van der Waals surface area contributed by atoms with E-state index in [-0.39, 0.29) is 6.61 Å². The van der Waals surface area contributed by atoms with E-state index in [9.17, 15) is 9.59 Å². The first kappa shape index (κ1) is 20.3. The van der Waals surface area contributed by atoms with Gasteiger partial charge in [0.05, 0.1) is 20.8 Å². The van der Waals surface area contributed by atoms with Gasteiger partial charge in [0, 0.05) is 10.9 Å². The van der Waals surface area contributed by atoms with Crippen LogP contribution >= 0.6 is 0 Å². The van der Waals surface area contributed by atoms with Crippen molar-refractivity contribution in [2.45, 2.75) is 20.0 Å². The molecule has 3 aromatic rings. The third kappa shape index (κ3) is 4.18. The Hall–Kier alpha value is -3.48. The van der Waals surface area contributed by atoms with Gasteiger partial charge >= 0.3 is 11.9 Å². The Morgan fingerprint density at radius 2 is 1.72 bits per heavy atom. The molecule has 3 rings (SSSR count). The molecule has 29 heavy (non-hydrogen) atoms. The average Bonchev–Trinajstić information content (AvgIpc) is 3.12. The van der Waals surface area contributed by atoms with Gasteiger partial charge in [0.25, 0.3) is 0 Å². The van der Waals surface area contributed by atoms with E-state index in [4.69, 9.17) is 18.6 Å². The number of carbonyl (C=O) groups excluding carboxylic acids is 2. The highest BCUT2D eigenvalue weighted by Crippen LogP contribution is 2.36. The minimum Gasteiger partial charge on any atom is -0.497 e. The summed E-state index contributed by atoms with van der Waals surface area (Å²) in [4.78, 5) is 24.3. The number of hydrogen-bond donors (Lipinski definition) is 0. The van der Waals surface area contributed by atoms with E-state index in [0.29, 0.717) is 39.4 Å². The van der Waals surface area contributed by atoms with Crippen molar-refractivity contribution < 1.29 is 33.0 Å². The molecule has 152 valence electrons. The number of benzene rings is 2. The van der Waals surface area contributed by atoms with Crippen LogP contribution in [0.3, 0.4) is 0 Å². The molecule has 0 saturated carbocycles. The van der Waals surface area contributed by atoms with E-state index in [2.05, 4.69) is 4.74 Å². The smallest absolute Gasteiger partial charge is 0.346 e. The fourth-order valence-corrected chi connectivity index (χ4v) is 2.92. The lowest BCUT2D eigenvalue weighted by Gasteiger charge is -2.12. The third-order valence-electron chi connectivity index (χ3n) is 4.34. The second-order valence-corrected chi connectivity index (χ2v) is 6.20. The van der Waals surface area contributed by atoms with Gasteiger partial charge in [-0.05, 0) is 56.3 Å². The van der Waals surface area contributed by atoms with Gasteiger partial charge in [-0.1, -0.05) is 0 Å². The standard InChI is InChI=1S/C22H22O7/c1-5-27-22(24)19-17-12-16(28-13(2)21(23)26-4)10-11-18(17)29-20(19)14-6-8-15(25-3)9-7-14/h6-13H,5H2,1-4H3/t13-/m0/s1. The molecule has 0 radical (unpaired) electrons. The first-order valence-corrected chi connectivity index (χ1v) is 9.11. The van der Waals surface area contributed by atoms with Crippen LogP contribution in [0.15, 0.2) is 46.9 Å². The van der Waals surface area contributed by atoms with Gasteiger partial charge in [0.1, 0.15) is 28.4 Å². The number of rotatable bonds is 7. The summed E-state index contributed by atoms with van der Waals surface area (Å²) in [5, 5.41) is 0.531. The Balaban J connectivity index is 2.09. The summed E-state index contributed by atoms with van der Waals surface area (Å²) in [6, 6.07) is 12.2. The van der Waals surface area contributed by atoms with Crippen LogP contribution in [0.1, 0.15) is 24.2 Å². The van der Waals surface area contributed by atoms with Gasteiger partial charge in [0.2, 0.25) is 0 Å². The summed E-state index contributed by atoms with van der Waals surface area (Å²) < 4.78 is 26.7. The maximum atomic E-state index is 12.7. The van der Waals surface area contributed by atoms with Crippen LogP contribution in [-0.4, -0.2) is 38.9 Å². The number of methoxy groups -OCH3 is 2. The molecule has 7 heteroatoms. The quantitative estimate of drug-likeness (QED) is 0.551. The Bertz CT molecular complexity index is 1020. The summed E-state index contributed by atoms with van der Waals surface area (Å²) in [6.07, 6.45) is -0.795. The Labute approximate surface area is 168 Å². The molecule has 7 nitrogen and oxygen atoms in total. The van der Waals surface area contributed by atoms with Crippen LogP contribution in [0.5, 0.6) is 11.5 Å². The van der Waals surface area contributed by atoms with E-state index in [0.717, 1.165) is 0 Å². The predicted molar refractivity (Wildman–Crippen MR) is 106 cm³/mol. The maximum Gasteiger partial charge on any atom is 0.346 e. The second-order valence-electron chi connectivity index (χ2n) is 6.20. The lowest BCUT2D eigenvalue weighted by Crippen LogP contribution is -2.24. The van der Waals surface area contributed by atoms with E-state index >= 15 is 0 Å². The van der Waals surface area contributed by atoms with Crippen LogP contribution < -0.4 is 9.47 Å². The fraction of sp³-hybridized carbons (Fsp3) is 0.273. The van der Waals surface area contributed by atoms with Crippen LogP contribution in [-0.2, 0) is 14.3 Å². The van der Waals surface area contributed by atoms with Crippen molar-refractivity contribution in [1.29, 1.82) is 0 Å². The molecule has 1 atom stereocenters. The Kier molecular flexibility index (Phi) is 6.07. The van der Waals surface area contributed by atoms with Crippen LogP contribution in [0.2, 0.25) is 0 Å². The molecule has 0 aliphatic carbocycles. The molecule has 1 aromatic heterocycles. The first-order chi connectivity index (χ1) is 14.0. The summed E-state index contributed by atoms with van der Waals surface area (Å²) in [5.74, 6) is 0.481. The highest BCUT2D eigenvalue weighted by Gasteiger charge is 2.24. The average molecular weight is 398 g/mol. The maximum absolute atomic E-state index is 12.7. The van der Waals surface area contributed by atoms with Crippen molar-refractivity contribution in [3.05, 3.63) is 48.0 Å². The summed E-state index contributed by atoms with van der Waals surface area (Å²) in [5.41, 5.74) is 1.50. The molecular formula is C22H22O7. The molecule has 0 unspecified atom stereocenters. The van der Waals surface area contributed by atoms with Crippen molar-refractivity contribution in [2.75, 3.05) is 20.8 Å². The van der Waals surface area contributed by atoms with Crippen LogP contribution in [0.25, 0.3) is 22.3 Å². The van der Waals surface area contributed by atoms with Gasteiger partial charge in [0.15, 0.2) is 6.10 Å². The minimum absolute atomic E-state index is 0.225. The lowest BCUT2D eigenvalue weighted by atomic mass is 10.1. The van der Waals surface area contributed by atoms with Gasteiger partial charge in [-0.25, -0.2) is 9.59 Å². The minimum atomic E-state index is -0.795. The molecule has 0 saturated heterocycles. The molecule has 0 bridgehead atoms. The number of hydrogen-bond acceptors (Lipinski definition) is 7. The molecule has 0 aliphatic heterocycles. The second kappa shape index (κ2) is 8.68. The molecule has 0 N–H and O–H groups in total. The van der Waals surface area contributed by atoms with Gasteiger partial charge in [-0.15, -0.1) is 0 Å². The third-order valence-corrected chi connectivity index (χ3v) is 4.34. The van der Waals surface area contributed by atoms with E-state index < -0.39 is 18.0 Å². The van der Waals surface area contributed by atoms with Gasteiger partial charge in [-0.3, -0.25) is 0 Å². The number of ether oxygens (including phenoxy) is 4. The molecule has 0 amide bonds. The van der Waals surface area contributed by atoms with Crippen LogP contribution in [0.4, 0.5) is 0 Å². The van der Waals surface area contributed by atoms with Crippen molar-refractivity contribution in [1.82, 2.24) is 0 Å². The predicted octanol–water partition coefficient (Wildman–Crippen LogP) is 4.23. The van der Waals surface area contributed by atoms with Crippen molar-refractivity contribution in [2.24, 2.45) is 0 Å². The van der Waals surface area contributed by atoms with Crippen LogP contribution in [0, 0.1) is 0 Å². The highest BCUT2D eigenvalue weighted by atomic mass is 16.6. The number of furan rings is 1. The van der Waals surface area contributed by atoms with Gasteiger partial charge in [-0.2, -0.15) is 0 Å².